The van der Waals surface area contributed by atoms with Crippen LogP contribution in [0.3, 0.4) is 0 Å². The third-order valence-electron chi connectivity index (χ3n) is 11.3. The van der Waals surface area contributed by atoms with Gasteiger partial charge in [-0.1, -0.05) is 210 Å². The van der Waals surface area contributed by atoms with Gasteiger partial charge in [-0.3, -0.25) is 14.4 Å². The molecule has 0 rings (SSSR count). The Morgan fingerprint density at radius 2 is 0.661 bits per heavy atom. The summed E-state index contributed by atoms with van der Waals surface area (Å²) in [4.78, 5) is 37.9. The van der Waals surface area contributed by atoms with Gasteiger partial charge in [-0.05, 0) is 89.9 Å². The summed E-state index contributed by atoms with van der Waals surface area (Å²) in [5, 5.41) is 0. The van der Waals surface area contributed by atoms with Crippen molar-refractivity contribution in [3.05, 3.63) is 60.8 Å². The second-order valence-electron chi connectivity index (χ2n) is 17.5. The summed E-state index contributed by atoms with van der Waals surface area (Å²) in [7, 11) is 0. The van der Waals surface area contributed by atoms with E-state index in [1.807, 2.05) is 6.08 Å². The zero-order chi connectivity index (χ0) is 45.1. The zero-order valence-electron chi connectivity index (χ0n) is 40.9. The second-order valence-corrected chi connectivity index (χ2v) is 17.5. The van der Waals surface area contributed by atoms with E-state index in [4.69, 9.17) is 14.2 Å². The molecule has 0 aromatic carbocycles. The maximum atomic E-state index is 12.7. The fourth-order valence-electron chi connectivity index (χ4n) is 7.24. The second kappa shape index (κ2) is 50.8. The van der Waals surface area contributed by atoms with E-state index >= 15 is 0 Å². The minimum absolute atomic E-state index is 0.109. The molecule has 0 aromatic rings. The maximum absolute atomic E-state index is 12.7. The summed E-state index contributed by atoms with van der Waals surface area (Å²) in [5.41, 5.74) is 0. The largest absolute Gasteiger partial charge is 0.462 e. The van der Waals surface area contributed by atoms with Crippen LogP contribution in [-0.4, -0.2) is 37.2 Å². The number of ether oxygens (including phenoxy) is 3. The average Bonchev–Trinajstić information content (AvgIpc) is 3.27. The summed E-state index contributed by atoms with van der Waals surface area (Å²) in [6, 6.07) is 0. The number of rotatable bonds is 47. The van der Waals surface area contributed by atoms with Gasteiger partial charge in [0.05, 0.1) is 0 Å². The van der Waals surface area contributed by atoms with Crippen LogP contribution in [0.2, 0.25) is 0 Å². The predicted molar refractivity (Wildman–Crippen MR) is 265 cm³/mol. The van der Waals surface area contributed by atoms with E-state index in [9.17, 15) is 14.4 Å². The molecule has 0 spiro atoms. The number of hydrogen-bond acceptors (Lipinski definition) is 6. The van der Waals surface area contributed by atoms with Gasteiger partial charge in [-0.2, -0.15) is 0 Å². The molecule has 358 valence electrons. The molecule has 0 radical (unpaired) electrons. The van der Waals surface area contributed by atoms with Crippen molar-refractivity contribution in [2.45, 2.75) is 264 Å². The van der Waals surface area contributed by atoms with Crippen molar-refractivity contribution < 1.29 is 28.6 Å². The van der Waals surface area contributed by atoms with Crippen LogP contribution in [0, 0.1) is 0 Å². The molecule has 0 fully saturated rings. The Hall–Kier alpha value is -2.89. The van der Waals surface area contributed by atoms with Crippen LogP contribution in [0.15, 0.2) is 60.8 Å². The fourth-order valence-corrected chi connectivity index (χ4v) is 7.24. The summed E-state index contributed by atoms with van der Waals surface area (Å²) < 4.78 is 16.7. The van der Waals surface area contributed by atoms with Crippen molar-refractivity contribution in [2.75, 3.05) is 13.2 Å². The van der Waals surface area contributed by atoms with E-state index in [-0.39, 0.29) is 37.5 Å². The SMILES string of the molecule is CCCCCCCC/C=C/C/C=C/CCC(=O)OC(COC(=O)CCCCC/C=C/CCCCCCCC)COC(=O)CCCCCCC/C=C/C=C/CCCCCCCCC. The quantitative estimate of drug-likeness (QED) is 0.0199. The lowest BCUT2D eigenvalue weighted by Gasteiger charge is -2.18. The van der Waals surface area contributed by atoms with Crippen molar-refractivity contribution in [2.24, 2.45) is 0 Å². The molecule has 0 saturated heterocycles. The molecule has 0 bridgehead atoms. The van der Waals surface area contributed by atoms with E-state index in [1.165, 1.54) is 128 Å². The van der Waals surface area contributed by atoms with E-state index in [0.29, 0.717) is 19.3 Å². The lowest BCUT2D eigenvalue weighted by molar-refractivity contribution is -0.166. The summed E-state index contributed by atoms with van der Waals surface area (Å²) >= 11 is 0. The molecule has 62 heavy (non-hydrogen) atoms. The molecule has 0 saturated carbocycles. The van der Waals surface area contributed by atoms with E-state index < -0.39 is 6.10 Å². The molecular weight excluding hydrogens is 769 g/mol. The smallest absolute Gasteiger partial charge is 0.306 e. The molecule has 6 nitrogen and oxygen atoms in total. The minimum Gasteiger partial charge on any atom is -0.462 e. The van der Waals surface area contributed by atoms with Gasteiger partial charge < -0.3 is 14.2 Å². The Bertz CT molecular complexity index is 1130. The lowest BCUT2D eigenvalue weighted by Crippen LogP contribution is -2.30. The number of esters is 3. The van der Waals surface area contributed by atoms with Crippen LogP contribution < -0.4 is 0 Å². The molecule has 6 heteroatoms. The van der Waals surface area contributed by atoms with Gasteiger partial charge in [0.1, 0.15) is 13.2 Å². The van der Waals surface area contributed by atoms with Crippen molar-refractivity contribution in [1.29, 1.82) is 0 Å². The van der Waals surface area contributed by atoms with Crippen LogP contribution in [0.4, 0.5) is 0 Å². The first-order chi connectivity index (χ1) is 30.5. The third kappa shape index (κ3) is 48.1. The van der Waals surface area contributed by atoms with Crippen molar-refractivity contribution >= 4 is 17.9 Å². The standard InChI is InChI=1S/C56H98O6/c1-4-7-10-13-16-19-22-25-26-27-28-29-32-34-37-40-43-46-49-55(58)61-52-53(62-56(59)50-47-44-41-38-35-31-24-21-18-15-12-9-6-3)51-60-54(57)48-45-42-39-36-33-30-23-20-17-14-11-8-5-2/h26-31,33,35,41,44,53H,4-25,32,34,36-40,42-43,45-52H2,1-3H3/b27-26+,29-28+,33-30+,35-31+,44-41+. The molecule has 1 unspecified atom stereocenters. The van der Waals surface area contributed by atoms with Gasteiger partial charge in [-0.15, -0.1) is 0 Å². The highest BCUT2D eigenvalue weighted by Gasteiger charge is 2.19. The molecule has 0 aliphatic carbocycles. The third-order valence-corrected chi connectivity index (χ3v) is 11.3. The first kappa shape index (κ1) is 59.1. The Morgan fingerprint density at radius 3 is 1.08 bits per heavy atom. The Kier molecular flexibility index (Phi) is 48.4. The lowest BCUT2D eigenvalue weighted by atomic mass is 10.1. The van der Waals surface area contributed by atoms with Crippen LogP contribution >= 0.6 is 0 Å². The van der Waals surface area contributed by atoms with Crippen molar-refractivity contribution in [3.8, 4) is 0 Å². The van der Waals surface area contributed by atoms with Gasteiger partial charge in [-0.25, -0.2) is 0 Å². The molecule has 0 aliphatic rings. The van der Waals surface area contributed by atoms with Crippen LogP contribution in [-0.2, 0) is 28.6 Å². The molecule has 0 heterocycles. The molecule has 0 aliphatic heterocycles. The number of allylic oxidation sites excluding steroid dienone is 10. The van der Waals surface area contributed by atoms with Crippen molar-refractivity contribution in [1.82, 2.24) is 0 Å². The molecule has 0 N–H and O–H groups in total. The molecular formula is C56H98O6. The van der Waals surface area contributed by atoms with E-state index in [0.717, 1.165) is 83.5 Å². The number of carbonyl (C=O) groups excluding carboxylic acids is 3. The molecule has 0 amide bonds. The highest BCUT2D eigenvalue weighted by Crippen LogP contribution is 2.13. The highest BCUT2D eigenvalue weighted by atomic mass is 16.6. The monoisotopic (exact) mass is 867 g/mol. The molecule has 1 atom stereocenters. The zero-order valence-corrected chi connectivity index (χ0v) is 40.9. The number of unbranched alkanes of at least 4 members (excludes halogenated alkanes) is 27. The topological polar surface area (TPSA) is 78.9 Å². The van der Waals surface area contributed by atoms with Crippen LogP contribution in [0.5, 0.6) is 0 Å². The average molecular weight is 867 g/mol. The molecule has 0 aromatic heterocycles. The van der Waals surface area contributed by atoms with Gasteiger partial charge in [0.15, 0.2) is 6.10 Å². The van der Waals surface area contributed by atoms with E-state index in [1.54, 1.807) is 0 Å². The summed E-state index contributed by atoms with van der Waals surface area (Å²) in [5.74, 6) is -1.00. The maximum Gasteiger partial charge on any atom is 0.306 e. The summed E-state index contributed by atoms with van der Waals surface area (Å²) in [6.45, 7) is 6.54. The number of carbonyl (C=O) groups is 3. The predicted octanol–water partition coefficient (Wildman–Crippen LogP) is 17.3. The first-order valence-corrected chi connectivity index (χ1v) is 26.3. The first-order valence-electron chi connectivity index (χ1n) is 26.3. The fraction of sp³-hybridized carbons (Fsp3) is 0.768. The van der Waals surface area contributed by atoms with Gasteiger partial charge in [0, 0.05) is 19.3 Å². The minimum atomic E-state index is -0.815. The van der Waals surface area contributed by atoms with Crippen LogP contribution in [0.1, 0.15) is 258 Å². The Balaban J connectivity index is 4.46. The Morgan fingerprint density at radius 1 is 0.339 bits per heavy atom. The van der Waals surface area contributed by atoms with Crippen LogP contribution in [0.25, 0.3) is 0 Å². The van der Waals surface area contributed by atoms with E-state index in [2.05, 4.69) is 75.5 Å². The van der Waals surface area contributed by atoms with Gasteiger partial charge in [0.25, 0.3) is 0 Å². The summed E-state index contributed by atoms with van der Waals surface area (Å²) in [6.07, 6.45) is 62.2. The number of hydrogen-bond donors (Lipinski definition) is 0. The van der Waals surface area contributed by atoms with Crippen molar-refractivity contribution in [3.63, 3.8) is 0 Å². The highest BCUT2D eigenvalue weighted by molar-refractivity contribution is 5.71. The van der Waals surface area contributed by atoms with Gasteiger partial charge in [0.2, 0.25) is 0 Å². The normalized spacial score (nSPS) is 12.5. The Labute approximate surface area is 383 Å². The van der Waals surface area contributed by atoms with Gasteiger partial charge >= 0.3 is 17.9 Å².